The second-order valence-corrected chi connectivity index (χ2v) is 10.9. The monoisotopic (exact) mass is 514 g/mol. The third-order valence-corrected chi connectivity index (χ3v) is 9.04. The molecule has 5 rings (SSSR count). The average Bonchev–Trinajstić information content (AvgIpc) is 3.25. The van der Waals surface area contributed by atoms with E-state index in [9.17, 15) is 19.5 Å². The van der Waals surface area contributed by atoms with Gasteiger partial charge in [0.05, 0.1) is 17.2 Å². The summed E-state index contributed by atoms with van der Waals surface area (Å²) in [5.74, 6) is -0.935. The number of imide groups is 1. The highest BCUT2D eigenvalue weighted by molar-refractivity contribution is 6.05. The highest BCUT2D eigenvalue weighted by atomic mass is 16.3. The van der Waals surface area contributed by atoms with Crippen molar-refractivity contribution in [3.63, 3.8) is 0 Å². The third kappa shape index (κ3) is 4.30. The van der Waals surface area contributed by atoms with E-state index in [1.165, 1.54) is 0 Å². The van der Waals surface area contributed by atoms with E-state index in [2.05, 4.69) is 30.1 Å². The summed E-state index contributed by atoms with van der Waals surface area (Å²) in [6.07, 6.45) is 2.69. The van der Waals surface area contributed by atoms with Crippen molar-refractivity contribution in [3.05, 3.63) is 70.3 Å². The molecule has 3 amide bonds. The van der Waals surface area contributed by atoms with Crippen LogP contribution in [0.2, 0.25) is 0 Å². The smallest absolute Gasteiger partial charge is 0.255 e. The van der Waals surface area contributed by atoms with Gasteiger partial charge >= 0.3 is 0 Å². The van der Waals surface area contributed by atoms with Crippen molar-refractivity contribution in [2.45, 2.75) is 70.7 Å². The lowest BCUT2D eigenvalue weighted by Gasteiger charge is -2.54. The molecule has 2 aromatic rings. The van der Waals surface area contributed by atoms with Gasteiger partial charge in [-0.25, -0.2) is 0 Å². The van der Waals surface area contributed by atoms with Gasteiger partial charge < -0.3 is 10.0 Å². The number of hydrogen-bond donors (Lipinski definition) is 2. The highest BCUT2D eigenvalue weighted by Gasteiger charge is 2.53. The van der Waals surface area contributed by atoms with Crippen molar-refractivity contribution in [3.8, 4) is 6.07 Å². The van der Waals surface area contributed by atoms with Crippen LogP contribution in [0, 0.1) is 16.7 Å². The average molecular weight is 515 g/mol. The summed E-state index contributed by atoms with van der Waals surface area (Å²) in [5.41, 5.74) is 2.53. The standard InChI is InChI=1S/C30H34N4O4/c1-3-29(4-2)19-33(17-21-7-5-20(16-31)6-8-21)14-13-30(29,38)23-9-10-24-22(15-23)18-34(28(24)37)25-11-12-26(35)32-27(25)36/h5-10,15,25,38H,3-4,11-14,17-19H2,1-2H3,(H,32,35,36). The van der Waals surface area contributed by atoms with E-state index in [4.69, 9.17) is 5.26 Å². The van der Waals surface area contributed by atoms with E-state index in [0.29, 0.717) is 30.5 Å². The summed E-state index contributed by atoms with van der Waals surface area (Å²) in [7, 11) is 0. The van der Waals surface area contributed by atoms with E-state index in [-0.39, 0.29) is 23.7 Å². The zero-order chi connectivity index (χ0) is 27.1. The second-order valence-electron chi connectivity index (χ2n) is 10.9. The van der Waals surface area contributed by atoms with E-state index >= 15 is 0 Å². The second kappa shape index (κ2) is 9.97. The molecule has 8 nitrogen and oxygen atoms in total. The van der Waals surface area contributed by atoms with Crippen LogP contribution in [-0.4, -0.2) is 51.8 Å². The maximum atomic E-state index is 13.2. The number of amides is 3. The molecule has 2 N–H and O–H groups in total. The molecular weight excluding hydrogens is 480 g/mol. The molecule has 2 saturated heterocycles. The van der Waals surface area contributed by atoms with E-state index in [0.717, 1.165) is 49.2 Å². The van der Waals surface area contributed by atoms with Crippen molar-refractivity contribution < 1.29 is 19.5 Å². The van der Waals surface area contributed by atoms with Crippen LogP contribution in [0.5, 0.6) is 0 Å². The fourth-order valence-electron chi connectivity index (χ4n) is 6.64. The number of likely N-dealkylation sites (tertiary alicyclic amines) is 1. The van der Waals surface area contributed by atoms with Crippen LogP contribution in [0.15, 0.2) is 42.5 Å². The summed E-state index contributed by atoms with van der Waals surface area (Å²) in [6.45, 7) is 6.75. The normalized spacial score (nSPS) is 25.2. The Kier molecular flexibility index (Phi) is 6.84. The van der Waals surface area contributed by atoms with Crippen LogP contribution in [0.3, 0.4) is 0 Å². The molecule has 0 aromatic heterocycles. The minimum atomic E-state index is -1.06. The molecule has 3 aliphatic heterocycles. The molecule has 0 bridgehead atoms. The Morgan fingerprint density at radius 2 is 1.84 bits per heavy atom. The molecule has 198 valence electrons. The maximum absolute atomic E-state index is 13.2. The Labute approximate surface area is 223 Å². The van der Waals surface area contributed by atoms with Crippen LogP contribution in [-0.2, 0) is 28.3 Å². The number of nitrogens with zero attached hydrogens (tertiary/aromatic N) is 3. The first-order valence-electron chi connectivity index (χ1n) is 13.5. The van der Waals surface area contributed by atoms with Crippen LogP contribution in [0.25, 0.3) is 0 Å². The Morgan fingerprint density at radius 1 is 1.11 bits per heavy atom. The summed E-state index contributed by atoms with van der Waals surface area (Å²) in [6, 6.07) is 14.8. The Morgan fingerprint density at radius 3 is 2.50 bits per heavy atom. The van der Waals surface area contributed by atoms with Crippen LogP contribution < -0.4 is 5.32 Å². The first kappa shape index (κ1) is 26.1. The third-order valence-electron chi connectivity index (χ3n) is 9.04. The lowest BCUT2D eigenvalue weighted by Crippen LogP contribution is -2.57. The number of rotatable bonds is 6. The Hall–Kier alpha value is -3.54. The van der Waals surface area contributed by atoms with Gasteiger partial charge in [0.1, 0.15) is 6.04 Å². The van der Waals surface area contributed by atoms with Gasteiger partial charge in [-0.2, -0.15) is 5.26 Å². The Bertz CT molecular complexity index is 1310. The van der Waals surface area contributed by atoms with Crippen molar-refractivity contribution >= 4 is 17.7 Å². The minimum Gasteiger partial charge on any atom is -0.384 e. The van der Waals surface area contributed by atoms with Crippen molar-refractivity contribution in [1.82, 2.24) is 15.1 Å². The van der Waals surface area contributed by atoms with Gasteiger partial charge in [0.25, 0.3) is 5.91 Å². The fraction of sp³-hybridized carbons (Fsp3) is 0.467. The predicted octanol–water partition coefficient (Wildman–Crippen LogP) is 3.22. The molecule has 0 radical (unpaired) electrons. The number of fused-ring (bicyclic) bond motifs is 1. The fourth-order valence-corrected chi connectivity index (χ4v) is 6.64. The molecule has 0 spiro atoms. The number of hydrogen-bond acceptors (Lipinski definition) is 6. The van der Waals surface area contributed by atoms with E-state index in [1.54, 1.807) is 11.0 Å². The number of nitrogens with one attached hydrogen (secondary N) is 1. The molecule has 38 heavy (non-hydrogen) atoms. The summed E-state index contributed by atoms with van der Waals surface area (Å²) < 4.78 is 0. The number of nitriles is 1. The van der Waals surface area contributed by atoms with Gasteiger partial charge in [0, 0.05) is 43.6 Å². The zero-order valence-electron chi connectivity index (χ0n) is 22.0. The van der Waals surface area contributed by atoms with Crippen molar-refractivity contribution in [2.75, 3.05) is 13.1 Å². The first-order chi connectivity index (χ1) is 18.2. The minimum absolute atomic E-state index is 0.206. The number of carbonyl (C=O) groups excluding carboxylic acids is 3. The molecule has 2 unspecified atom stereocenters. The summed E-state index contributed by atoms with van der Waals surface area (Å²) >= 11 is 0. The molecule has 3 heterocycles. The van der Waals surface area contributed by atoms with Crippen molar-refractivity contribution in [1.29, 1.82) is 5.26 Å². The lowest BCUT2D eigenvalue weighted by molar-refractivity contribution is -0.148. The Balaban J connectivity index is 1.38. The van der Waals surface area contributed by atoms with Gasteiger partial charge in [-0.15, -0.1) is 0 Å². The van der Waals surface area contributed by atoms with E-state index < -0.39 is 17.6 Å². The molecular formula is C30H34N4O4. The SMILES string of the molecule is CCC1(CC)CN(Cc2ccc(C#N)cc2)CCC1(O)c1ccc2c(c1)CN(C1CCC(=O)NC1=O)C2=O. The van der Waals surface area contributed by atoms with Gasteiger partial charge in [0.15, 0.2) is 0 Å². The van der Waals surface area contributed by atoms with Crippen molar-refractivity contribution in [2.24, 2.45) is 5.41 Å². The van der Waals surface area contributed by atoms with Crippen LogP contribution >= 0.6 is 0 Å². The molecule has 2 atom stereocenters. The van der Waals surface area contributed by atoms with Gasteiger partial charge in [-0.3, -0.25) is 24.6 Å². The topological polar surface area (TPSA) is 114 Å². The van der Waals surface area contributed by atoms with Gasteiger partial charge in [-0.1, -0.05) is 38.1 Å². The molecule has 0 saturated carbocycles. The van der Waals surface area contributed by atoms with Crippen LogP contribution in [0.4, 0.5) is 0 Å². The highest BCUT2D eigenvalue weighted by Crippen LogP contribution is 2.51. The van der Waals surface area contributed by atoms with Gasteiger partial charge in [0.2, 0.25) is 11.8 Å². The summed E-state index contributed by atoms with van der Waals surface area (Å²) in [5, 5.41) is 23.8. The largest absolute Gasteiger partial charge is 0.384 e. The zero-order valence-corrected chi connectivity index (χ0v) is 22.0. The predicted molar refractivity (Wildman–Crippen MR) is 140 cm³/mol. The number of benzene rings is 2. The number of aliphatic hydroxyl groups is 1. The number of piperidine rings is 2. The molecule has 0 aliphatic carbocycles. The van der Waals surface area contributed by atoms with Gasteiger partial charge in [-0.05, 0) is 60.6 Å². The number of carbonyl (C=O) groups is 3. The summed E-state index contributed by atoms with van der Waals surface area (Å²) in [4.78, 5) is 41.1. The molecule has 2 fully saturated rings. The van der Waals surface area contributed by atoms with Crippen LogP contribution in [0.1, 0.15) is 78.6 Å². The van der Waals surface area contributed by atoms with E-state index in [1.807, 2.05) is 36.4 Å². The molecule has 8 heteroatoms. The maximum Gasteiger partial charge on any atom is 0.255 e. The molecule has 2 aromatic carbocycles. The quantitative estimate of drug-likeness (QED) is 0.573. The lowest BCUT2D eigenvalue weighted by atomic mass is 9.61. The molecule has 3 aliphatic rings. The first-order valence-corrected chi connectivity index (χ1v) is 13.5.